The maximum atomic E-state index is 16.3. The molecule has 2 aromatic carbocycles. The average Bonchev–Trinajstić information content (AvgIpc) is 3.28. The normalized spacial score (nSPS) is 15.3. The van der Waals surface area contributed by atoms with Gasteiger partial charge < -0.3 is 29.5 Å². The lowest BCUT2D eigenvalue weighted by Gasteiger charge is -2.33. The van der Waals surface area contributed by atoms with Crippen LogP contribution in [0.2, 0.25) is 0 Å². The Balaban J connectivity index is 1.99. The molecule has 44 heavy (non-hydrogen) atoms. The minimum Gasteiger partial charge on any atom is -0.487 e. The standard InChI is InChI=1S/C33H46FN3O7/c1-9-21(2)18-36(31(41)44-33(6,7)8)19-23-15-24-25(37(23)30(39)40)16-26(42-20-22-13-11-10-12-14-22)29(28(24)34)35-17-27(38)43-32(3,4)5/h10-14,16,21,23,35H,9,15,17-20H2,1-8H3,(H,39,40)/t21?,23-/m1/s1. The van der Waals surface area contributed by atoms with Crippen LogP contribution >= 0.6 is 0 Å². The van der Waals surface area contributed by atoms with Crippen LogP contribution in [0.5, 0.6) is 5.75 Å². The molecule has 2 atom stereocenters. The molecule has 2 N–H and O–H groups in total. The molecule has 1 aliphatic rings. The molecule has 0 bridgehead atoms. The first-order valence-electron chi connectivity index (χ1n) is 15.0. The van der Waals surface area contributed by atoms with Crippen molar-refractivity contribution in [3.05, 3.63) is 53.3 Å². The molecule has 0 aromatic heterocycles. The number of carbonyl (C=O) groups excluding carboxylic acids is 2. The monoisotopic (exact) mass is 615 g/mol. The van der Waals surface area contributed by atoms with Gasteiger partial charge in [-0.1, -0.05) is 50.6 Å². The SMILES string of the molecule is CCC(C)CN(C[C@H]1Cc2c(cc(OCc3ccccc3)c(NCC(=O)OC(C)(C)C)c2F)N1C(=O)O)C(=O)OC(C)(C)C. The molecule has 0 spiro atoms. The lowest BCUT2D eigenvalue weighted by molar-refractivity contribution is -0.152. The van der Waals surface area contributed by atoms with Gasteiger partial charge in [-0.15, -0.1) is 0 Å². The maximum absolute atomic E-state index is 16.3. The van der Waals surface area contributed by atoms with Gasteiger partial charge in [0.1, 0.15) is 35.8 Å². The summed E-state index contributed by atoms with van der Waals surface area (Å²) in [5.74, 6) is -1.14. The lowest BCUT2D eigenvalue weighted by Crippen LogP contribution is -2.49. The van der Waals surface area contributed by atoms with Crippen molar-refractivity contribution in [3.63, 3.8) is 0 Å². The van der Waals surface area contributed by atoms with Gasteiger partial charge in [0.15, 0.2) is 5.82 Å². The van der Waals surface area contributed by atoms with E-state index in [2.05, 4.69) is 5.32 Å². The molecule has 0 saturated heterocycles. The Kier molecular flexibility index (Phi) is 11.1. The van der Waals surface area contributed by atoms with Crippen molar-refractivity contribution in [1.82, 2.24) is 4.90 Å². The number of carbonyl (C=O) groups is 3. The maximum Gasteiger partial charge on any atom is 0.412 e. The van der Waals surface area contributed by atoms with Crippen LogP contribution < -0.4 is 15.0 Å². The molecular weight excluding hydrogens is 569 g/mol. The Morgan fingerprint density at radius 2 is 1.73 bits per heavy atom. The van der Waals surface area contributed by atoms with E-state index in [0.29, 0.717) is 6.54 Å². The molecule has 2 aromatic rings. The first-order valence-corrected chi connectivity index (χ1v) is 15.0. The Hall–Kier alpha value is -4.02. The number of benzene rings is 2. The number of fused-ring (bicyclic) bond motifs is 1. The smallest absolute Gasteiger partial charge is 0.412 e. The summed E-state index contributed by atoms with van der Waals surface area (Å²) in [6.07, 6.45) is -1.04. The molecule has 1 heterocycles. The molecule has 0 fully saturated rings. The van der Waals surface area contributed by atoms with Gasteiger partial charge in [0.2, 0.25) is 0 Å². The summed E-state index contributed by atoms with van der Waals surface area (Å²) >= 11 is 0. The number of anilines is 2. The number of amides is 2. The molecule has 10 nitrogen and oxygen atoms in total. The molecule has 0 aliphatic carbocycles. The fourth-order valence-corrected chi connectivity index (χ4v) is 4.85. The Bertz CT molecular complexity index is 1320. The van der Waals surface area contributed by atoms with E-state index in [1.807, 2.05) is 44.2 Å². The second-order valence-electron chi connectivity index (χ2n) is 13.2. The fourth-order valence-electron chi connectivity index (χ4n) is 4.85. The molecular formula is C33H46FN3O7. The summed E-state index contributed by atoms with van der Waals surface area (Å²) in [6.45, 7) is 14.6. The van der Waals surface area contributed by atoms with E-state index in [1.165, 1.54) is 11.0 Å². The highest BCUT2D eigenvalue weighted by Gasteiger charge is 2.40. The third-order valence-electron chi connectivity index (χ3n) is 6.96. The zero-order chi connectivity index (χ0) is 32.8. The third kappa shape index (κ3) is 9.49. The third-order valence-corrected chi connectivity index (χ3v) is 6.96. The van der Waals surface area contributed by atoms with E-state index in [4.69, 9.17) is 14.2 Å². The van der Waals surface area contributed by atoms with E-state index >= 15 is 4.39 Å². The highest BCUT2D eigenvalue weighted by molar-refractivity contribution is 5.92. The number of hydrogen-bond acceptors (Lipinski definition) is 7. The Morgan fingerprint density at radius 1 is 1.09 bits per heavy atom. The van der Waals surface area contributed by atoms with Gasteiger partial charge in [0.05, 0.1) is 11.7 Å². The number of esters is 1. The van der Waals surface area contributed by atoms with Gasteiger partial charge in [-0.05, 0) is 53.0 Å². The van der Waals surface area contributed by atoms with Crippen molar-refractivity contribution < 1.29 is 38.1 Å². The molecule has 11 heteroatoms. The Morgan fingerprint density at radius 3 is 2.30 bits per heavy atom. The summed E-state index contributed by atoms with van der Waals surface area (Å²) in [6, 6.07) is 9.93. The van der Waals surface area contributed by atoms with Gasteiger partial charge in [-0.25, -0.2) is 14.0 Å². The van der Waals surface area contributed by atoms with E-state index in [1.54, 1.807) is 41.5 Å². The molecule has 2 amide bonds. The highest BCUT2D eigenvalue weighted by atomic mass is 19.1. The molecule has 3 rings (SSSR count). The van der Waals surface area contributed by atoms with Crippen molar-refractivity contribution in [2.75, 3.05) is 29.9 Å². The van der Waals surface area contributed by atoms with Gasteiger partial charge in [0.25, 0.3) is 0 Å². The Labute approximate surface area is 259 Å². The summed E-state index contributed by atoms with van der Waals surface area (Å²) in [5, 5.41) is 13.1. The molecule has 0 saturated carbocycles. The average molecular weight is 616 g/mol. The van der Waals surface area contributed by atoms with Crippen LogP contribution in [0.3, 0.4) is 0 Å². The van der Waals surface area contributed by atoms with Crippen LogP contribution in [0.25, 0.3) is 0 Å². The summed E-state index contributed by atoms with van der Waals surface area (Å²) < 4.78 is 33.3. The number of nitrogens with one attached hydrogen (secondary N) is 1. The van der Waals surface area contributed by atoms with Crippen LogP contribution in [0.15, 0.2) is 36.4 Å². The van der Waals surface area contributed by atoms with E-state index in [9.17, 15) is 19.5 Å². The van der Waals surface area contributed by atoms with Crippen LogP contribution in [-0.2, 0) is 27.3 Å². The number of ether oxygens (including phenoxy) is 3. The molecule has 0 radical (unpaired) electrons. The highest BCUT2D eigenvalue weighted by Crippen LogP contribution is 2.43. The van der Waals surface area contributed by atoms with Crippen molar-refractivity contribution in [2.45, 2.75) is 92.1 Å². The van der Waals surface area contributed by atoms with Crippen molar-refractivity contribution in [1.29, 1.82) is 0 Å². The van der Waals surface area contributed by atoms with Gasteiger partial charge in [-0.3, -0.25) is 9.69 Å². The second kappa shape index (κ2) is 14.2. The molecule has 1 aliphatic heterocycles. The van der Waals surface area contributed by atoms with Crippen molar-refractivity contribution in [3.8, 4) is 5.75 Å². The summed E-state index contributed by atoms with van der Waals surface area (Å²) in [5.41, 5.74) is -0.464. The van der Waals surface area contributed by atoms with Crippen LogP contribution in [0, 0.1) is 11.7 Å². The minimum atomic E-state index is -1.29. The van der Waals surface area contributed by atoms with E-state index < -0.39 is 41.2 Å². The zero-order valence-electron chi connectivity index (χ0n) is 27.0. The number of carboxylic acid groups (broad SMARTS) is 1. The molecule has 1 unspecified atom stereocenters. The van der Waals surface area contributed by atoms with E-state index in [0.717, 1.165) is 16.9 Å². The topological polar surface area (TPSA) is 118 Å². The minimum absolute atomic E-state index is 0.000545. The van der Waals surface area contributed by atoms with E-state index in [-0.39, 0.29) is 54.7 Å². The number of nitrogens with zero attached hydrogens (tertiary/aromatic N) is 2. The number of rotatable bonds is 11. The zero-order valence-corrected chi connectivity index (χ0v) is 27.0. The predicted molar refractivity (Wildman–Crippen MR) is 167 cm³/mol. The van der Waals surface area contributed by atoms with Crippen LogP contribution in [0.1, 0.15) is 72.9 Å². The molecule has 242 valence electrons. The summed E-state index contributed by atoms with van der Waals surface area (Å²) in [4.78, 5) is 40.9. The summed E-state index contributed by atoms with van der Waals surface area (Å²) in [7, 11) is 0. The van der Waals surface area contributed by atoms with Gasteiger partial charge >= 0.3 is 18.2 Å². The lowest BCUT2D eigenvalue weighted by atomic mass is 10.1. The van der Waals surface area contributed by atoms with Crippen molar-refractivity contribution >= 4 is 29.5 Å². The van der Waals surface area contributed by atoms with Gasteiger partial charge in [0, 0.05) is 31.1 Å². The quantitative estimate of drug-likeness (QED) is 0.264. The van der Waals surface area contributed by atoms with Crippen LogP contribution in [0.4, 0.5) is 25.4 Å². The second-order valence-corrected chi connectivity index (χ2v) is 13.2. The van der Waals surface area contributed by atoms with Crippen molar-refractivity contribution in [2.24, 2.45) is 5.92 Å². The number of halogens is 1. The predicted octanol–water partition coefficient (Wildman–Crippen LogP) is 6.85. The first-order chi connectivity index (χ1) is 20.5. The fraction of sp³-hybridized carbons (Fsp3) is 0.545. The van der Waals surface area contributed by atoms with Crippen LogP contribution in [-0.4, -0.2) is 65.0 Å². The number of hydrogen-bond donors (Lipinski definition) is 2. The largest absolute Gasteiger partial charge is 0.487 e. The first kappa shape index (κ1) is 34.5. The van der Waals surface area contributed by atoms with Gasteiger partial charge in [-0.2, -0.15) is 0 Å².